The van der Waals surface area contributed by atoms with Crippen LogP contribution in [0, 0.1) is 5.82 Å². The number of halogens is 1. The molecule has 72 valence electrons. The number of hydrogen-bond donors (Lipinski definition) is 0. The van der Waals surface area contributed by atoms with E-state index in [2.05, 4.69) is 5.87 Å². The van der Waals surface area contributed by atoms with E-state index in [1.54, 1.807) is 14.1 Å². The lowest BCUT2D eigenvalue weighted by Gasteiger charge is -2.16. The van der Waals surface area contributed by atoms with Crippen LogP contribution in [0.4, 0.5) is 4.39 Å². The molecule has 1 atom stereocenters. The van der Waals surface area contributed by atoms with Crippen molar-refractivity contribution < 1.29 is 8.60 Å². The highest BCUT2D eigenvalue weighted by Crippen LogP contribution is 2.12. The Balaban J connectivity index is 3.17. The summed E-state index contributed by atoms with van der Waals surface area (Å²) in [6.45, 7) is 0. The summed E-state index contributed by atoms with van der Waals surface area (Å²) in [5.41, 5.74) is 0. The normalized spacial score (nSPS) is 15.7. The molecule has 0 aliphatic rings. The van der Waals surface area contributed by atoms with Crippen molar-refractivity contribution in [3.63, 3.8) is 0 Å². The quantitative estimate of drug-likeness (QED) is 0.662. The van der Waals surface area contributed by atoms with E-state index >= 15 is 0 Å². The van der Waals surface area contributed by atoms with Gasteiger partial charge in [0.15, 0.2) is 0 Å². The van der Waals surface area contributed by atoms with Crippen LogP contribution >= 0.6 is 0 Å². The van der Waals surface area contributed by atoms with Gasteiger partial charge in [0, 0.05) is 4.90 Å². The molecule has 1 unspecified atom stereocenters. The third-order valence-electron chi connectivity index (χ3n) is 1.77. The predicted octanol–water partition coefficient (Wildman–Crippen LogP) is 1.38. The fourth-order valence-electron chi connectivity index (χ4n) is 0.858. The van der Waals surface area contributed by atoms with Gasteiger partial charge in [-0.2, -0.15) is 0 Å². The van der Waals surface area contributed by atoms with Gasteiger partial charge in [0.25, 0.3) is 0 Å². The van der Waals surface area contributed by atoms with Crippen LogP contribution < -0.4 is 0 Å². The summed E-state index contributed by atoms with van der Waals surface area (Å²) >= 11 is 0. The summed E-state index contributed by atoms with van der Waals surface area (Å²) in [4.78, 5) is 0.541. The van der Waals surface area contributed by atoms with Gasteiger partial charge in [0.1, 0.15) is 5.82 Å². The Hall–Kier alpha value is -0.870. The first-order chi connectivity index (χ1) is 5.94. The fraction of sp³-hybridized carbons (Fsp3) is 0.222. The van der Waals surface area contributed by atoms with Crippen LogP contribution in [0.2, 0.25) is 0 Å². The second kappa shape index (κ2) is 3.47. The molecule has 1 aromatic carbocycles. The molecule has 0 heterocycles. The molecule has 0 aliphatic heterocycles. The van der Waals surface area contributed by atoms with Crippen molar-refractivity contribution in [3.05, 3.63) is 30.1 Å². The van der Waals surface area contributed by atoms with Crippen molar-refractivity contribution in [1.29, 1.82) is 0 Å². The zero-order valence-corrected chi connectivity index (χ0v) is 8.47. The lowest BCUT2D eigenvalue weighted by molar-refractivity contribution is 0.597. The summed E-state index contributed by atoms with van der Waals surface area (Å²) in [5.74, 6) is 3.27. The monoisotopic (exact) mass is 201 g/mol. The highest BCUT2D eigenvalue weighted by molar-refractivity contribution is 7.98. The van der Waals surface area contributed by atoms with E-state index in [0.29, 0.717) is 4.90 Å². The van der Waals surface area contributed by atoms with Gasteiger partial charge in [-0.05, 0) is 44.2 Å². The standard InChI is InChI=1S/C9H12FNOS/c1-11(2)13(3,12)9-6-4-8(10)5-7-9/h4-7H,3H2,1-2H3. The second-order valence-electron chi connectivity index (χ2n) is 2.91. The Morgan fingerprint density at radius 3 is 2.15 bits per heavy atom. The minimum atomic E-state index is -2.43. The van der Waals surface area contributed by atoms with Crippen LogP contribution in [0.1, 0.15) is 0 Å². The largest absolute Gasteiger partial charge is 0.248 e. The van der Waals surface area contributed by atoms with Gasteiger partial charge in [0.05, 0.1) is 9.71 Å². The smallest absolute Gasteiger partial charge is 0.123 e. The molecule has 1 aromatic rings. The number of nitrogens with zero attached hydrogens (tertiary/aromatic N) is 1. The highest BCUT2D eigenvalue weighted by atomic mass is 32.2. The molecule has 4 heteroatoms. The number of hydrogen-bond acceptors (Lipinski definition) is 1. The van der Waals surface area contributed by atoms with Gasteiger partial charge < -0.3 is 0 Å². The molecule has 0 aromatic heterocycles. The van der Waals surface area contributed by atoms with E-state index < -0.39 is 9.71 Å². The van der Waals surface area contributed by atoms with Crippen LogP contribution in [-0.4, -0.2) is 28.5 Å². The van der Waals surface area contributed by atoms with Crippen LogP contribution in [0.3, 0.4) is 0 Å². The molecule has 0 saturated heterocycles. The summed E-state index contributed by atoms with van der Waals surface area (Å²) in [6, 6.07) is 5.54. The third kappa shape index (κ3) is 2.08. The van der Waals surface area contributed by atoms with Gasteiger partial charge in [-0.3, -0.25) is 0 Å². The van der Waals surface area contributed by atoms with Gasteiger partial charge in [-0.1, -0.05) is 0 Å². The first-order valence-electron chi connectivity index (χ1n) is 3.75. The van der Waals surface area contributed by atoms with Gasteiger partial charge in [-0.25, -0.2) is 12.9 Å². The summed E-state index contributed by atoms with van der Waals surface area (Å²) in [7, 11) is 0.932. The highest BCUT2D eigenvalue weighted by Gasteiger charge is 2.09. The topological polar surface area (TPSA) is 20.3 Å². The molecule has 0 spiro atoms. The van der Waals surface area contributed by atoms with Gasteiger partial charge >= 0.3 is 0 Å². The van der Waals surface area contributed by atoms with E-state index in [1.807, 2.05) is 0 Å². The Morgan fingerprint density at radius 2 is 1.77 bits per heavy atom. The Kier molecular flexibility index (Phi) is 2.73. The van der Waals surface area contributed by atoms with Gasteiger partial charge in [0.2, 0.25) is 0 Å². The van der Waals surface area contributed by atoms with E-state index in [1.165, 1.54) is 28.6 Å². The molecular formula is C9H12FNOS. The molecule has 0 bridgehead atoms. The molecule has 0 aliphatic carbocycles. The van der Waals surface area contributed by atoms with Crippen LogP contribution in [0.25, 0.3) is 0 Å². The van der Waals surface area contributed by atoms with Crippen molar-refractivity contribution in [2.45, 2.75) is 4.90 Å². The fourth-order valence-corrected chi connectivity index (χ4v) is 1.84. The average Bonchev–Trinajstić information content (AvgIpc) is 2.04. The van der Waals surface area contributed by atoms with Gasteiger partial charge in [-0.15, -0.1) is 0 Å². The maximum atomic E-state index is 12.5. The van der Waals surface area contributed by atoms with Crippen molar-refractivity contribution in [1.82, 2.24) is 4.31 Å². The summed E-state index contributed by atoms with van der Waals surface area (Å²) in [5, 5.41) is 0. The first-order valence-corrected chi connectivity index (χ1v) is 5.43. The van der Waals surface area contributed by atoms with E-state index in [0.717, 1.165) is 0 Å². The molecule has 1 rings (SSSR count). The Labute approximate surface area is 78.1 Å². The molecular weight excluding hydrogens is 189 g/mol. The Bertz CT molecular complexity index is 381. The number of rotatable bonds is 2. The lowest BCUT2D eigenvalue weighted by Crippen LogP contribution is -2.21. The first kappa shape index (κ1) is 10.2. The molecule has 13 heavy (non-hydrogen) atoms. The Morgan fingerprint density at radius 1 is 1.31 bits per heavy atom. The zero-order chi connectivity index (χ0) is 10.1. The molecule has 0 radical (unpaired) electrons. The predicted molar refractivity (Wildman–Crippen MR) is 53.6 cm³/mol. The molecule has 0 fully saturated rings. The average molecular weight is 201 g/mol. The van der Waals surface area contributed by atoms with Crippen LogP contribution in [0.5, 0.6) is 0 Å². The number of benzene rings is 1. The minimum absolute atomic E-state index is 0.335. The lowest BCUT2D eigenvalue weighted by atomic mass is 10.4. The maximum Gasteiger partial charge on any atom is 0.123 e. The van der Waals surface area contributed by atoms with E-state index in [9.17, 15) is 8.60 Å². The molecule has 2 nitrogen and oxygen atoms in total. The van der Waals surface area contributed by atoms with Crippen molar-refractivity contribution in [2.75, 3.05) is 14.1 Å². The summed E-state index contributed by atoms with van der Waals surface area (Å²) < 4.78 is 26.0. The van der Waals surface area contributed by atoms with Crippen molar-refractivity contribution in [3.8, 4) is 0 Å². The minimum Gasteiger partial charge on any atom is -0.248 e. The molecule has 0 amide bonds. The summed E-state index contributed by atoms with van der Waals surface area (Å²) in [6.07, 6.45) is 0. The van der Waals surface area contributed by atoms with E-state index in [4.69, 9.17) is 0 Å². The maximum absolute atomic E-state index is 12.5. The second-order valence-corrected chi connectivity index (χ2v) is 5.39. The van der Waals surface area contributed by atoms with Crippen molar-refractivity contribution in [2.24, 2.45) is 0 Å². The third-order valence-corrected chi connectivity index (χ3v) is 3.96. The zero-order valence-electron chi connectivity index (χ0n) is 7.66. The molecule has 0 N–H and O–H groups in total. The van der Waals surface area contributed by atoms with E-state index in [-0.39, 0.29) is 5.82 Å². The van der Waals surface area contributed by atoms with Crippen LogP contribution in [-0.2, 0) is 9.71 Å². The van der Waals surface area contributed by atoms with Crippen molar-refractivity contribution >= 4 is 15.6 Å². The van der Waals surface area contributed by atoms with Crippen LogP contribution in [0.15, 0.2) is 29.2 Å². The molecule has 0 saturated carbocycles. The SMILES string of the molecule is C=S(=O)(c1ccc(F)cc1)N(C)C.